The first kappa shape index (κ1) is 11.9. The van der Waals surface area contributed by atoms with Crippen LogP contribution in [0.15, 0.2) is 0 Å². The third-order valence-electron chi connectivity index (χ3n) is 2.70. The molecule has 0 spiro atoms. The Hall–Kier alpha value is -0.220. The van der Waals surface area contributed by atoms with Crippen LogP contribution >= 0.6 is 24.4 Å². The lowest BCUT2D eigenvalue weighted by molar-refractivity contribution is 0.269. The van der Waals surface area contributed by atoms with Crippen LogP contribution in [-0.2, 0) is 0 Å². The summed E-state index contributed by atoms with van der Waals surface area (Å²) in [6, 6.07) is 0. The summed E-state index contributed by atoms with van der Waals surface area (Å²) in [5, 5.41) is 3.24. The van der Waals surface area contributed by atoms with Crippen LogP contribution in [0.3, 0.4) is 0 Å². The molecular formula is C10H18N2S2. The number of piperidine rings is 1. The van der Waals surface area contributed by atoms with Gasteiger partial charge in [0, 0.05) is 19.6 Å². The fraction of sp³-hybridized carbons (Fsp3) is 0.800. The average molecular weight is 230 g/mol. The number of hydrogen-bond acceptors (Lipinski definition) is 2. The molecule has 0 saturated carbocycles. The van der Waals surface area contributed by atoms with E-state index in [0.717, 1.165) is 35.5 Å². The molecule has 4 heteroatoms. The number of thiocarbonyl (C=S) groups is 2. The minimum Gasteiger partial charge on any atom is -0.380 e. The molecule has 1 saturated heterocycles. The Kier molecular flexibility index (Phi) is 4.75. The average Bonchev–Trinajstić information content (AvgIpc) is 2.15. The Morgan fingerprint density at radius 1 is 1.29 bits per heavy atom. The lowest BCUT2D eigenvalue weighted by Gasteiger charge is -2.32. The molecule has 0 radical (unpaired) electrons. The summed E-state index contributed by atoms with van der Waals surface area (Å²) in [4.78, 5) is 4.22. The standard InChI is InChI=1S/C10H18N2S2/c1-8(13)11-7-10-3-5-12(6-4-10)9(2)14/h10H,3-7H2,1-2H3,(H,11,13). The zero-order valence-corrected chi connectivity index (χ0v) is 10.5. The Bertz CT molecular complexity index is 220. The van der Waals surface area contributed by atoms with Gasteiger partial charge in [-0.2, -0.15) is 0 Å². The molecule has 1 heterocycles. The molecule has 0 amide bonds. The molecule has 1 rings (SSSR count). The Morgan fingerprint density at radius 2 is 1.86 bits per heavy atom. The zero-order chi connectivity index (χ0) is 10.6. The highest BCUT2D eigenvalue weighted by Crippen LogP contribution is 2.16. The van der Waals surface area contributed by atoms with Crippen molar-refractivity contribution in [1.29, 1.82) is 0 Å². The summed E-state index contributed by atoms with van der Waals surface area (Å²) in [6.07, 6.45) is 2.45. The van der Waals surface area contributed by atoms with E-state index >= 15 is 0 Å². The molecule has 0 aromatic heterocycles. The molecular weight excluding hydrogens is 212 g/mol. The predicted octanol–water partition coefficient (Wildman–Crippen LogP) is 1.98. The Labute approximate surface area is 97.0 Å². The second-order valence-corrected chi connectivity index (χ2v) is 5.09. The highest BCUT2D eigenvalue weighted by molar-refractivity contribution is 7.80. The lowest BCUT2D eigenvalue weighted by atomic mass is 9.97. The third-order valence-corrected chi connectivity index (χ3v) is 3.10. The molecule has 1 aliphatic heterocycles. The number of nitrogens with one attached hydrogen (secondary N) is 1. The van der Waals surface area contributed by atoms with E-state index in [4.69, 9.17) is 24.4 Å². The number of likely N-dealkylation sites (tertiary alicyclic amines) is 1. The summed E-state index contributed by atoms with van der Waals surface area (Å²) in [6.45, 7) is 7.19. The normalized spacial score (nSPS) is 18.0. The van der Waals surface area contributed by atoms with Gasteiger partial charge < -0.3 is 10.2 Å². The van der Waals surface area contributed by atoms with E-state index in [2.05, 4.69) is 10.2 Å². The van der Waals surface area contributed by atoms with Crippen molar-refractivity contribution in [3.8, 4) is 0 Å². The first-order chi connectivity index (χ1) is 6.59. The van der Waals surface area contributed by atoms with Crippen LogP contribution < -0.4 is 5.32 Å². The van der Waals surface area contributed by atoms with Crippen LogP contribution in [0.25, 0.3) is 0 Å². The van der Waals surface area contributed by atoms with Gasteiger partial charge in [0.25, 0.3) is 0 Å². The largest absolute Gasteiger partial charge is 0.380 e. The molecule has 0 unspecified atom stereocenters. The first-order valence-electron chi connectivity index (χ1n) is 5.09. The van der Waals surface area contributed by atoms with Crippen molar-refractivity contribution in [3.05, 3.63) is 0 Å². The van der Waals surface area contributed by atoms with E-state index in [1.807, 2.05) is 13.8 Å². The van der Waals surface area contributed by atoms with E-state index in [1.54, 1.807) is 0 Å². The van der Waals surface area contributed by atoms with Gasteiger partial charge in [-0.3, -0.25) is 0 Å². The lowest BCUT2D eigenvalue weighted by Crippen LogP contribution is -2.39. The molecule has 1 fully saturated rings. The van der Waals surface area contributed by atoms with Crippen molar-refractivity contribution in [2.24, 2.45) is 5.92 Å². The first-order valence-corrected chi connectivity index (χ1v) is 5.91. The maximum absolute atomic E-state index is 5.15. The van der Waals surface area contributed by atoms with Gasteiger partial charge in [-0.05, 0) is 32.6 Å². The molecule has 0 aliphatic carbocycles. The smallest absolute Gasteiger partial charge is 0.0747 e. The molecule has 14 heavy (non-hydrogen) atoms. The van der Waals surface area contributed by atoms with E-state index in [-0.39, 0.29) is 0 Å². The molecule has 0 aromatic rings. The maximum atomic E-state index is 5.15. The Balaban J connectivity index is 2.22. The highest BCUT2D eigenvalue weighted by Gasteiger charge is 2.18. The van der Waals surface area contributed by atoms with Gasteiger partial charge in [0.15, 0.2) is 0 Å². The number of hydrogen-bond donors (Lipinski definition) is 1. The second kappa shape index (κ2) is 5.61. The summed E-state index contributed by atoms with van der Waals surface area (Å²) in [7, 11) is 0. The van der Waals surface area contributed by atoms with E-state index in [1.165, 1.54) is 12.8 Å². The minimum absolute atomic E-state index is 0.762. The fourth-order valence-corrected chi connectivity index (χ4v) is 2.01. The summed E-state index contributed by atoms with van der Waals surface area (Å²) < 4.78 is 0. The van der Waals surface area contributed by atoms with Gasteiger partial charge in [-0.15, -0.1) is 0 Å². The van der Waals surface area contributed by atoms with Crippen molar-refractivity contribution in [1.82, 2.24) is 10.2 Å². The van der Waals surface area contributed by atoms with Crippen molar-refractivity contribution >= 4 is 34.4 Å². The van der Waals surface area contributed by atoms with Crippen LogP contribution in [0.1, 0.15) is 26.7 Å². The minimum atomic E-state index is 0.762. The number of nitrogens with zero attached hydrogens (tertiary/aromatic N) is 1. The Morgan fingerprint density at radius 3 is 2.29 bits per heavy atom. The van der Waals surface area contributed by atoms with Crippen molar-refractivity contribution < 1.29 is 0 Å². The van der Waals surface area contributed by atoms with Crippen LogP contribution in [-0.4, -0.2) is 34.5 Å². The van der Waals surface area contributed by atoms with Gasteiger partial charge in [-0.25, -0.2) is 0 Å². The maximum Gasteiger partial charge on any atom is 0.0747 e. The van der Waals surface area contributed by atoms with E-state index in [0.29, 0.717) is 0 Å². The molecule has 0 atom stereocenters. The van der Waals surface area contributed by atoms with Crippen molar-refractivity contribution in [3.63, 3.8) is 0 Å². The van der Waals surface area contributed by atoms with Gasteiger partial charge in [0.2, 0.25) is 0 Å². The monoisotopic (exact) mass is 230 g/mol. The SMILES string of the molecule is CC(=S)NCC1CCN(C(C)=S)CC1. The summed E-state index contributed by atoms with van der Waals surface area (Å²) in [5.41, 5.74) is 0. The van der Waals surface area contributed by atoms with E-state index < -0.39 is 0 Å². The summed E-state index contributed by atoms with van der Waals surface area (Å²) in [5.74, 6) is 0.762. The van der Waals surface area contributed by atoms with Gasteiger partial charge >= 0.3 is 0 Å². The van der Waals surface area contributed by atoms with Crippen molar-refractivity contribution in [2.45, 2.75) is 26.7 Å². The van der Waals surface area contributed by atoms with Gasteiger partial charge in [-0.1, -0.05) is 24.4 Å². The zero-order valence-electron chi connectivity index (χ0n) is 8.88. The van der Waals surface area contributed by atoms with E-state index in [9.17, 15) is 0 Å². The second-order valence-electron chi connectivity index (χ2n) is 3.89. The molecule has 1 N–H and O–H groups in total. The number of rotatable bonds is 2. The van der Waals surface area contributed by atoms with Gasteiger partial charge in [0.05, 0.1) is 9.98 Å². The summed E-state index contributed by atoms with van der Waals surface area (Å²) >= 11 is 10.1. The molecule has 1 aliphatic rings. The molecule has 2 nitrogen and oxygen atoms in total. The third kappa shape index (κ3) is 3.88. The van der Waals surface area contributed by atoms with Crippen LogP contribution in [0.5, 0.6) is 0 Å². The van der Waals surface area contributed by atoms with Crippen LogP contribution in [0.4, 0.5) is 0 Å². The highest BCUT2D eigenvalue weighted by atomic mass is 32.1. The quantitative estimate of drug-likeness (QED) is 0.729. The van der Waals surface area contributed by atoms with Gasteiger partial charge in [0.1, 0.15) is 0 Å². The fourth-order valence-electron chi connectivity index (χ4n) is 1.74. The van der Waals surface area contributed by atoms with Crippen LogP contribution in [0, 0.1) is 5.92 Å². The topological polar surface area (TPSA) is 15.3 Å². The predicted molar refractivity (Wildman–Crippen MR) is 68.8 cm³/mol. The van der Waals surface area contributed by atoms with Crippen LogP contribution in [0.2, 0.25) is 0 Å². The molecule has 0 aromatic carbocycles. The molecule has 80 valence electrons. The molecule has 0 bridgehead atoms. The van der Waals surface area contributed by atoms with Crippen molar-refractivity contribution in [2.75, 3.05) is 19.6 Å².